The minimum Gasteiger partial charge on any atom is -0.408 e. The van der Waals surface area contributed by atoms with Crippen LogP contribution in [0.1, 0.15) is 5.56 Å². The van der Waals surface area contributed by atoms with Crippen molar-refractivity contribution in [3.05, 3.63) is 34.3 Å². The Morgan fingerprint density at radius 2 is 2.29 bits per heavy atom. The zero-order valence-corrected chi connectivity index (χ0v) is 7.03. The first-order valence-electron chi connectivity index (χ1n) is 3.87. The second-order valence-corrected chi connectivity index (χ2v) is 2.61. The minimum atomic E-state index is -0.500. The van der Waals surface area contributed by atoms with Gasteiger partial charge in [-0.3, -0.25) is 9.78 Å². The van der Waals surface area contributed by atoms with Crippen LogP contribution in [0.25, 0.3) is 11.1 Å². The van der Waals surface area contributed by atoms with E-state index in [1.807, 2.05) is 0 Å². The minimum absolute atomic E-state index is 0.438. The number of carbonyl (C=O) groups excluding carboxylic acids is 1. The highest BCUT2D eigenvalue weighted by Gasteiger charge is 1.99. The molecule has 1 heterocycles. The lowest BCUT2D eigenvalue weighted by Gasteiger charge is -1.88. The van der Waals surface area contributed by atoms with Gasteiger partial charge in [-0.1, -0.05) is 5.92 Å². The van der Waals surface area contributed by atoms with Gasteiger partial charge in [-0.25, -0.2) is 4.79 Å². The van der Waals surface area contributed by atoms with E-state index < -0.39 is 5.76 Å². The third kappa shape index (κ3) is 1.43. The largest absolute Gasteiger partial charge is 0.417 e. The van der Waals surface area contributed by atoms with Gasteiger partial charge in [0.1, 0.15) is 0 Å². The molecule has 1 aromatic carbocycles. The fraction of sp³-hybridized carbons (Fsp3) is 0. The summed E-state index contributed by atoms with van der Waals surface area (Å²) in [7, 11) is 0. The van der Waals surface area contributed by atoms with Crippen molar-refractivity contribution in [2.45, 2.75) is 0 Å². The SMILES string of the molecule is O=CC#Cc1ccc2[nH]c(=O)oc2c1. The average molecular weight is 187 g/mol. The van der Waals surface area contributed by atoms with E-state index in [-0.39, 0.29) is 0 Å². The fourth-order valence-electron chi connectivity index (χ4n) is 1.14. The highest BCUT2D eigenvalue weighted by atomic mass is 16.4. The van der Waals surface area contributed by atoms with Gasteiger partial charge < -0.3 is 4.42 Å². The molecule has 0 spiro atoms. The van der Waals surface area contributed by atoms with Crippen molar-refractivity contribution in [3.63, 3.8) is 0 Å². The van der Waals surface area contributed by atoms with Crippen molar-refractivity contribution in [1.29, 1.82) is 0 Å². The predicted molar refractivity (Wildman–Crippen MR) is 49.8 cm³/mol. The van der Waals surface area contributed by atoms with Crippen LogP contribution >= 0.6 is 0 Å². The lowest BCUT2D eigenvalue weighted by molar-refractivity contribution is -0.103. The van der Waals surface area contributed by atoms with E-state index in [1.165, 1.54) is 0 Å². The van der Waals surface area contributed by atoms with Crippen LogP contribution in [-0.4, -0.2) is 11.3 Å². The second-order valence-electron chi connectivity index (χ2n) is 2.61. The molecule has 0 saturated carbocycles. The van der Waals surface area contributed by atoms with Crippen LogP contribution < -0.4 is 5.76 Å². The maximum atomic E-state index is 10.8. The number of nitrogens with one attached hydrogen (secondary N) is 1. The van der Waals surface area contributed by atoms with Crippen molar-refractivity contribution in [2.75, 3.05) is 0 Å². The number of carbonyl (C=O) groups is 1. The summed E-state index contributed by atoms with van der Waals surface area (Å²) in [5.74, 6) is 4.38. The molecule has 0 radical (unpaired) electrons. The predicted octanol–water partition coefficient (Wildman–Crippen LogP) is 0.671. The van der Waals surface area contributed by atoms with Crippen molar-refractivity contribution in [2.24, 2.45) is 0 Å². The Morgan fingerprint density at radius 3 is 3.07 bits per heavy atom. The Morgan fingerprint density at radius 1 is 1.43 bits per heavy atom. The smallest absolute Gasteiger partial charge is 0.408 e. The van der Waals surface area contributed by atoms with E-state index in [4.69, 9.17) is 4.42 Å². The van der Waals surface area contributed by atoms with E-state index >= 15 is 0 Å². The Kier molecular flexibility index (Phi) is 1.92. The highest BCUT2D eigenvalue weighted by molar-refractivity contribution is 5.77. The van der Waals surface area contributed by atoms with Crippen molar-refractivity contribution in [3.8, 4) is 11.8 Å². The van der Waals surface area contributed by atoms with E-state index in [9.17, 15) is 9.59 Å². The number of hydrogen-bond acceptors (Lipinski definition) is 3. The molecule has 0 amide bonds. The average Bonchev–Trinajstić information content (AvgIpc) is 2.54. The van der Waals surface area contributed by atoms with Crippen LogP contribution in [0.2, 0.25) is 0 Å². The third-order valence-electron chi connectivity index (χ3n) is 1.70. The normalized spacial score (nSPS) is 9.43. The number of aromatic amines is 1. The second kappa shape index (κ2) is 3.23. The number of rotatable bonds is 0. The quantitative estimate of drug-likeness (QED) is 0.487. The van der Waals surface area contributed by atoms with Gasteiger partial charge >= 0.3 is 5.76 Å². The van der Waals surface area contributed by atoms with Gasteiger partial charge in [-0.2, -0.15) is 0 Å². The summed E-state index contributed by atoms with van der Waals surface area (Å²) >= 11 is 0. The Balaban J connectivity index is 2.61. The van der Waals surface area contributed by atoms with Crippen LogP contribution in [0, 0.1) is 11.8 Å². The monoisotopic (exact) mass is 187 g/mol. The molecule has 14 heavy (non-hydrogen) atoms. The van der Waals surface area contributed by atoms with Gasteiger partial charge in [0, 0.05) is 5.56 Å². The molecule has 0 aliphatic carbocycles. The van der Waals surface area contributed by atoms with Gasteiger partial charge in [0.25, 0.3) is 0 Å². The molecule has 4 nitrogen and oxygen atoms in total. The molecule has 1 N–H and O–H groups in total. The van der Waals surface area contributed by atoms with Gasteiger partial charge in [-0.15, -0.1) is 0 Å². The lowest BCUT2D eigenvalue weighted by atomic mass is 10.2. The maximum Gasteiger partial charge on any atom is 0.417 e. The Hall–Kier alpha value is -2.28. The molecule has 1 aromatic heterocycles. The summed E-state index contributed by atoms with van der Waals surface area (Å²) in [6, 6.07) is 4.98. The van der Waals surface area contributed by atoms with Crippen LogP contribution in [-0.2, 0) is 4.79 Å². The van der Waals surface area contributed by atoms with Crippen molar-refractivity contribution >= 4 is 17.4 Å². The summed E-state index contributed by atoms with van der Waals surface area (Å²) in [5.41, 5.74) is 1.69. The van der Waals surface area contributed by atoms with E-state index in [0.717, 1.165) is 0 Å². The van der Waals surface area contributed by atoms with E-state index in [0.29, 0.717) is 22.9 Å². The first-order chi connectivity index (χ1) is 6.79. The number of hydrogen-bond donors (Lipinski definition) is 1. The number of aldehydes is 1. The first kappa shape index (κ1) is 8.32. The molecule has 0 aliphatic rings. The summed E-state index contributed by atoms with van der Waals surface area (Å²) in [4.78, 5) is 23.3. The molecular formula is C10H5NO3. The number of benzene rings is 1. The summed E-state index contributed by atoms with van der Waals surface area (Å²) < 4.78 is 4.82. The van der Waals surface area contributed by atoms with Gasteiger partial charge in [0.2, 0.25) is 0 Å². The first-order valence-corrected chi connectivity index (χ1v) is 3.87. The fourth-order valence-corrected chi connectivity index (χ4v) is 1.14. The number of fused-ring (bicyclic) bond motifs is 1. The van der Waals surface area contributed by atoms with Crippen LogP contribution in [0.3, 0.4) is 0 Å². The van der Waals surface area contributed by atoms with Gasteiger partial charge in [0.15, 0.2) is 11.9 Å². The summed E-state index contributed by atoms with van der Waals surface area (Å²) in [6.07, 6.45) is 0.511. The van der Waals surface area contributed by atoms with E-state index in [2.05, 4.69) is 16.8 Å². The highest BCUT2D eigenvalue weighted by Crippen LogP contribution is 2.10. The molecule has 0 unspecified atom stereocenters. The molecule has 2 aromatic rings. The molecular weight excluding hydrogens is 182 g/mol. The van der Waals surface area contributed by atoms with Gasteiger partial charge in [-0.05, 0) is 24.1 Å². The maximum absolute atomic E-state index is 10.8. The van der Waals surface area contributed by atoms with Crippen LogP contribution in [0.5, 0.6) is 0 Å². The van der Waals surface area contributed by atoms with Crippen LogP contribution in [0.15, 0.2) is 27.4 Å². The summed E-state index contributed by atoms with van der Waals surface area (Å²) in [6.45, 7) is 0. The zero-order valence-electron chi connectivity index (χ0n) is 7.03. The molecule has 4 heteroatoms. The molecule has 0 fully saturated rings. The molecule has 68 valence electrons. The Labute approximate surface area is 78.5 Å². The molecule has 2 rings (SSSR count). The standard InChI is InChI=1S/C10H5NO3/c12-5-1-2-7-3-4-8-9(6-7)14-10(13)11-8/h3-6H,(H,11,13). The molecule has 0 atom stereocenters. The van der Waals surface area contributed by atoms with Crippen molar-refractivity contribution in [1.82, 2.24) is 4.98 Å². The van der Waals surface area contributed by atoms with E-state index in [1.54, 1.807) is 18.2 Å². The zero-order chi connectivity index (χ0) is 9.97. The van der Waals surface area contributed by atoms with Crippen LogP contribution in [0.4, 0.5) is 0 Å². The van der Waals surface area contributed by atoms with Gasteiger partial charge in [0.05, 0.1) is 5.52 Å². The molecule has 0 aliphatic heterocycles. The third-order valence-corrected chi connectivity index (χ3v) is 1.70. The number of aromatic nitrogens is 1. The summed E-state index contributed by atoms with van der Waals surface area (Å²) in [5, 5.41) is 0. The number of oxazole rings is 1. The molecule has 0 bridgehead atoms. The van der Waals surface area contributed by atoms with Crippen molar-refractivity contribution < 1.29 is 9.21 Å². The lowest BCUT2D eigenvalue weighted by Crippen LogP contribution is -1.92. The molecule has 0 saturated heterocycles. The Bertz CT molecular complexity index is 595. The topological polar surface area (TPSA) is 63.1 Å². The number of H-pyrrole nitrogens is 1.